The number of benzene rings is 1. The average Bonchev–Trinajstić information content (AvgIpc) is 2.79. The van der Waals surface area contributed by atoms with E-state index >= 15 is 0 Å². The topological polar surface area (TPSA) is 68.0 Å². The molecule has 0 aliphatic rings. The summed E-state index contributed by atoms with van der Waals surface area (Å²) in [7, 11) is 0. The molecule has 0 aliphatic heterocycles. The third-order valence-electron chi connectivity index (χ3n) is 3.06. The Balaban J connectivity index is 2.45. The van der Waals surface area contributed by atoms with Crippen LogP contribution >= 0.6 is 11.8 Å². The van der Waals surface area contributed by atoms with Crippen LogP contribution in [0.1, 0.15) is 18.1 Å². The van der Waals surface area contributed by atoms with Gasteiger partial charge >= 0.3 is 5.97 Å². The summed E-state index contributed by atoms with van der Waals surface area (Å²) in [5, 5.41) is 17.8. The van der Waals surface area contributed by atoms with Crippen LogP contribution < -0.4 is 0 Å². The predicted octanol–water partition coefficient (Wildman–Crippen LogP) is 2.76. The second-order valence-corrected chi connectivity index (χ2v) is 5.44. The lowest BCUT2D eigenvalue weighted by atomic mass is 10.0. The zero-order valence-corrected chi connectivity index (χ0v) is 12.6. The molecule has 6 heteroatoms. The summed E-state index contributed by atoms with van der Waals surface area (Å²) in [6, 6.07) is 6.10. The van der Waals surface area contributed by atoms with E-state index in [2.05, 4.69) is 10.2 Å². The molecule has 0 bridgehead atoms. The van der Waals surface area contributed by atoms with Crippen LogP contribution in [0, 0.1) is 13.8 Å². The van der Waals surface area contributed by atoms with Crippen molar-refractivity contribution < 1.29 is 9.90 Å². The summed E-state index contributed by atoms with van der Waals surface area (Å²) >= 11 is 1.20. The first kappa shape index (κ1) is 14.6. The van der Waals surface area contributed by atoms with Crippen LogP contribution in [-0.4, -0.2) is 31.6 Å². The number of rotatable bonds is 5. The molecule has 1 N–H and O–H groups in total. The number of carboxylic acids is 1. The van der Waals surface area contributed by atoms with Gasteiger partial charge in [-0.05, 0) is 31.9 Å². The van der Waals surface area contributed by atoms with Crippen LogP contribution in [0.15, 0.2) is 23.4 Å². The number of hydrogen-bond acceptors (Lipinski definition) is 4. The number of aromatic nitrogens is 3. The lowest BCUT2D eigenvalue weighted by Gasteiger charge is -2.11. The summed E-state index contributed by atoms with van der Waals surface area (Å²) in [6.45, 7) is 6.80. The van der Waals surface area contributed by atoms with Gasteiger partial charge in [-0.3, -0.25) is 4.79 Å². The van der Waals surface area contributed by atoms with Crippen molar-refractivity contribution in [1.82, 2.24) is 14.8 Å². The SMILES string of the molecule is CCn1c(SCC(=O)O)nnc1-c1c(C)cccc1C. The minimum absolute atomic E-state index is 0.00904. The van der Waals surface area contributed by atoms with E-state index in [1.54, 1.807) is 0 Å². The molecule has 2 aromatic rings. The zero-order chi connectivity index (χ0) is 14.7. The molecule has 0 unspecified atom stereocenters. The Hall–Kier alpha value is -1.82. The van der Waals surface area contributed by atoms with Crippen molar-refractivity contribution >= 4 is 17.7 Å². The highest BCUT2D eigenvalue weighted by atomic mass is 32.2. The van der Waals surface area contributed by atoms with Crippen LogP contribution in [0.25, 0.3) is 11.4 Å². The van der Waals surface area contributed by atoms with E-state index in [4.69, 9.17) is 5.11 Å². The first-order valence-corrected chi connectivity index (χ1v) is 7.37. The van der Waals surface area contributed by atoms with Crippen LogP contribution in [0.3, 0.4) is 0 Å². The highest BCUT2D eigenvalue weighted by molar-refractivity contribution is 7.99. The van der Waals surface area contributed by atoms with Crippen molar-refractivity contribution in [3.63, 3.8) is 0 Å². The van der Waals surface area contributed by atoms with Gasteiger partial charge in [0.1, 0.15) is 0 Å². The first-order valence-electron chi connectivity index (χ1n) is 6.39. The van der Waals surface area contributed by atoms with Crippen molar-refractivity contribution in [2.24, 2.45) is 0 Å². The second kappa shape index (κ2) is 6.09. The highest BCUT2D eigenvalue weighted by Gasteiger charge is 2.17. The molecule has 20 heavy (non-hydrogen) atoms. The zero-order valence-electron chi connectivity index (χ0n) is 11.8. The van der Waals surface area contributed by atoms with Gasteiger partial charge in [0, 0.05) is 12.1 Å². The number of carbonyl (C=O) groups is 1. The predicted molar refractivity (Wildman–Crippen MR) is 79.0 cm³/mol. The maximum absolute atomic E-state index is 10.7. The van der Waals surface area contributed by atoms with Crippen LogP contribution in [0.5, 0.6) is 0 Å². The summed E-state index contributed by atoms with van der Waals surface area (Å²) < 4.78 is 1.96. The first-order chi connectivity index (χ1) is 9.54. The molecule has 1 aromatic heterocycles. The van der Waals surface area contributed by atoms with Crippen LogP contribution in [-0.2, 0) is 11.3 Å². The molecular weight excluding hydrogens is 274 g/mol. The fraction of sp³-hybridized carbons (Fsp3) is 0.357. The van der Waals surface area contributed by atoms with Crippen LogP contribution in [0.4, 0.5) is 0 Å². The summed E-state index contributed by atoms with van der Waals surface area (Å²) in [6.07, 6.45) is 0. The molecule has 1 aromatic carbocycles. The van der Waals surface area contributed by atoms with Gasteiger partial charge in [0.05, 0.1) is 5.75 Å². The van der Waals surface area contributed by atoms with E-state index in [1.165, 1.54) is 11.8 Å². The molecular formula is C14H17N3O2S. The van der Waals surface area contributed by atoms with Gasteiger partial charge in [-0.25, -0.2) is 0 Å². The summed E-state index contributed by atoms with van der Waals surface area (Å²) in [4.78, 5) is 10.7. The smallest absolute Gasteiger partial charge is 0.313 e. The van der Waals surface area contributed by atoms with E-state index in [0.717, 1.165) is 22.5 Å². The van der Waals surface area contributed by atoms with E-state index in [1.807, 2.05) is 43.5 Å². The van der Waals surface area contributed by atoms with Crippen molar-refractivity contribution in [3.8, 4) is 11.4 Å². The van der Waals surface area contributed by atoms with Crippen molar-refractivity contribution in [2.75, 3.05) is 5.75 Å². The van der Waals surface area contributed by atoms with Crippen molar-refractivity contribution in [3.05, 3.63) is 29.3 Å². The molecule has 0 spiro atoms. The Labute approximate surface area is 122 Å². The van der Waals surface area contributed by atoms with Gasteiger partial charge in [0.25, 0.3) is 0 Å². The van der Waals surface area contributed by atoms with E-state index < -0.39 is 5.97 Å². The van der Waals surface area contributed by atoms with E-state index in [-0.39, 0.29) is 5.75 Å². The largest absolute Gasteiger partial charge is 0.481 e. The Kier molecular flexibility index (Phi) is 4.44. The van der Waals surface area contributed by atoms with E-state index in [0.29, 0.717) is 11.7 Å². The molecule has 0 fully saturated rings. The molecule has 5 nitrogen and oxygen atoms in total. The normalized spacial score (nSPS) is 10.8. The van der Waals surface area contributed by atoms with Gasteiger partial charge in [0.2, 0.25) is 0 Å². The Morgan fingerprint density at radius 3 is 2.50 bits per heavy atom. The fourth-order valence-electron chi connectivity index (χ4n) is 2.16. The quantitative estimate of drug-likeness (QED) is 0.858. The highest BCUT2D eigenvalue weighted by Crippen LogP contribution is 2.28. The summed E-state index contributed by atoms with van der Waals surface area (Å²) in [5.41, 5.74) is 3.35. The third kappa shape index (κ3) is 2.85. The lowest BCUT2D eigenvalue weighted by molar-refractivity contribution is -0.133. The van der Waals surface area contributed by atoms with Gasteiger partial charge < -0.3 is 9.67 Å². The van der Waals surface area contributed by atoms with Gasteiger partial charge in [-0.1, -0.05) is 30.0 Å². The van der Waals surface area contributed by atoms with Crippen molar-refractivity contribution in [1.29, 1.82) is 0 Å². The maximum Gasteiger partial charge on any atom is 0.313 e. The minimum atomic E-state index is -0.853. The number of aliphatic carboxylic acids is 1. The third-order valence-corrected chi connectivity index (χ3v) is 4.01. The Bertz CT molecular complexity index is 617. The molecule has 0 aliphatic carbocycles. The molecule has 106 valence electrons. The second-order valence-electron chi connectivity index (χ2n) is 4.50. The molecule has 1 heterocycles. The standard InChI is InChI=1S/C14H17N3O2S/c1-4-17-13(12-9(2)6-5-7-10(12)3)15-16-14(17)20-8-11(18)19/h5-7H,4,8H2,1-3H3,(H,18,19). The van der Waals surface area contributed by atoms with E-state index in [9.17, 15) is 4.79 Å². The molecule has 0 atom stereocenters. The fourth-order valence-corrected chi connectivity index (χ4v) is 2.88. The van der Waals surface area contributed by atoms with Gasteiger partial charge in [-0.15, -0.1) is 10.2 Å². The Morgan fingerprint density at radius 1 is 1.30 bits per heavy atom. The molecule has 0 saturated carbocycles. The minimum Gasteiger partial charge on any atom is -0.481 e. The number of hydrogen-bond donors (Lipinski definition) is 1. The monoisotopic (exact) mass is 291 g/mol. The Morgan fingerprint density at radius 2 is 1.95 bits per heavy atom. The maximum atomic E-state index is 10.7. The number of thioether (sulfide) groups is 1. The molecule has 2 rings (SSSR count). The number of carboxylic acid groups (broad SMARTS) is 1. The van der Waals surface area contributed by atoms with Crippen molar-refractivity contribution in [2.45, 2.75) is 32.5 Å². The molecule has 0 saturated heterocycles. The van der Waals surface area contributed by atoms with Gasteiger partial charge in [0.15, 0.2) is 11.0 Å². The average molecular weight is 291 g/mol. The van der Waals surface area contributed by atoms with Gasteiger partial charge in [-0.2, -0.15) is 0 Å². The lowest BCUT2D eigenvalue weighted by Crippen LogP contribution is -2.04. The summed E-state index contributed by atoms with van der Waals surface area (Å²) in [5.74, 6) is -0.0597. The number of aryl methyl sites for hydroxylation is 2. The molecule has 0 radical (unpaired) electrons. The molecule has 0 amide bonds. The van der Waals surface area contributed by atoms with Crippen LogP contribution in [0.2, 0.25) is 0 Å². The number of nitrogens with zero attached hydrogens (tertiary/aromatic N) is 3.